The average molecular weight is 276 g/mol. The smallest absolute Gasteiger partial charge is 0.406 e. The van der Waals surface area contributed by atoms with E-state index in [2.05, 4.69) is 5.32 Å². The number of hydrogen-bond acceptors (Lipinski definition) is 3. The maximum absolute atomic E-state index is 12.5. The Hall–Kier alpha value is -1.27. The van der Waals surface area contributed by atoms with Crippen molar-refractivity contribution in [1.29, 1.82) is 0 Å². The highest BCUT2D eigenvalue weighted by Gasteiger charge is 2.47. The van der Waals surface area contributed by atoms with Gasteiger partial charge in [0.05, 0.1) is 7.11 Å². The molecule has 0 aliphatic rings. The quantitative estimate of drug-likeness (QED) is 0.785. The van der Waals surface area contributed by atoms with Crippen molar-refractivity contribution in [2.24, 2.45) is 5.73 Å². The Kier molecular flexibility index (Phi) is 5.20. The Morgan fingerprint density at radius 2 is 1.79 bits per heavy atom. The average Bonchev–Trinajstić information content (AvgIpc) is 2.34. The summed E-state index contributed by atoms with van der Waals surface area (Å²) < 4.78 is 42.5. The first-order valence-corrected chi connectivity index (χ1v) is 5.95. The van der Waals surface area contributed by atoms with Crippen LogP contribution < -0.4 is 15.8 Å². The molecule has 6 heteroatoms. The van der Waals surface area contributed by atoms with Crippen LogP contribution in [-0.4, -0.2) is 25.4 Å². The summed E-state index contributed by atoms with van der Waals surface area (Å²) in [6.07, 6.45) is -4.54. The summed E-state index contributed by atoms with van der Waals surface area (Å²) in [5, 5.41) is 2.95. The second-order valence-electron chi connectivity index (χ2n) is 4.69. The van der Waals surface area contributed by atoms with Crippen LogP contribution in [0.3, 0.4) is 0 Å². The van der Waals surface area contributed by atoms with E-state index < -0.39 is 11.7 Å². The van der Waals surface area contributed by atoms with E-state index in [0.717, 1.165) is 18.2 Å². The third kappa shape index (κ3) is 4.72. The molecule has 0 bridgehead atoms. The number of alkyl halides is 3. The summed E-state index contributed by atoms with van der Waals surface area (Å²) in [4.78, 5) is 0. The number of rotatable bonds is 6. The molecule has 0 unspecified atom stereocenters. The van der Waals surface area contributed by atoms with Gasteiger partial charge in [0.2, 0.25) is 0 Å². The second kappa shape index (κ2) is 6.25. The molecule has 0 saturated carbocycles. The molecule has 0 aliphatic carbocycles. The molecule has 1 aromatic rings. The minimum Gasteiger partial charge on any atom is -0.497 e. The summed E-state index contributed by atoms with van der Waals surface area (Å²) in [6.45, 7) is 1.71. The Morgan fingerprint density at radius 1 is 1.21 bits per heavy atom. The Labute approximate surface area is 110 Å². The number of benzene rings is 1. The molecule has 0 spiro atoms. The lowest BCUT2D eigenvalue weighted by atomic mass is 9.99. The highest BCUT2D eigenvalue weighted by molar-refractivity contribution is 5.26. The molecule has 0 radical (unpaired) electrons. The molecule has 0 aromatic heterocycles. The van der Waals surface area contributed by atoms with Crippen LogP contribution in [0.25, 0.3) is 0 Å². The maximum Gasteiger partial charge on any atom is 0.406 e. The van der Waals surface area contributed by atoms with E-state index in [4.69, 9.17) is 10.5 Å². The molecule has 108 valence electrons. The van der Waals surface area contributed by atoms with Crippen molar-refractivity contribution in [3.05, 3.63) is 29.8 Å². The van der Waals surface area contributed by atoms with Crippen molar-refractivity contribution in [2.75, 3.05) is 13.7 Å². The van der Waals surface area contributed by atoms with Gasteiger partial charge in [-0.25, -0.2) is 0 Å². The summed E-state index contributed by atoms with van der Waals surface area (Å²) in [7, 11) is 1.58. The van der Waals surface area contributed by atoms with Crippen molar-refractivity contribution in [3.63, 3.8) is 0 Å². The molecule has 0 amide bonds. The van der Waals surface area contributed by atoms with Crippen LogP contribution in [0.1, 0.15) is 18.9 Å². The second-order valence-corrected chi connectivity index (χ2v) is 4.69. The van der Waals surface area contributed by atoms with Crippen LogP contribution >= 0.6 is 0 Å². The van der Waals surface area contributed by atoms with Crippen molar-refractivity contribution >= 4 is 0 Å². The van der Waals surface area contributed by atoms with Crippen LogP contribution in [0.4, 0.5) is 13.2 Å². The molecule has 0 fully saturated rings. The van der Waals surface area contributed by atoms with Gasteiger partial charge in [-0.15, -0.1) is 0 Å². The zero-order chi connectivity index (χ0) is 14.5. The lowest BCUT2D eigenvalue weighted by Crippen LogP contribution is -2.52. The number of hydrogen-bond donors (Lipinski definition) is 2. The van der Waals surface area contributed by atoms with Crippen molar-refractivity contribution in [1.82, 2.24) is 5.32 Å². The summed E-state index contributed by atoms with van der Waals surface area (Å²) in [6, 6.07) is 7.33. The Balaban J connectivity index is 2.34. The standard InChI is InChI=1S/C13H19F3N2O/c1-12(17,13(14,15)16)7-8-18-9-10-3-5-11(19-2)6-4-10/h3-6,18H,7-9,17H2,1-2H3/t12-/m1/s1. The van der Waals surface area contributed by atoms with E-state index in [-0.39, 0.29) is 13.0 Å². The number of halogens is 3. The zero-order valence-electron chi connectivity index (χ0n) is 11.1. The number of nitrogens with one attached hydrogen (secondary N) is 1. The first-order valence-electron chi connectivity index (χ1n) is 5.95. The van der Waals surface area contributed by atoms with Gasteiger partial charge in [-0.3, -0.25) is 0 Å². The molecular weight excluding hydrogens is 257 g/mol. The van der Waals surface area contributed by atoms with E-state index in [9.17, 15) is 13.2 Å². The van der Waals surface area contributed by atoms with Crippen molar-refractivity contribution in [3.8, 4) is 5.75 Å². The van der Waals surface area contributed by atoms with Gasteiger partial charge in [0.15, 0.2) is 0 Å². The van der Waals surface area contributed by atoms with Crippen LogP contribution in [0, 0.1) is 0 Å². The van der Waals surface area contributed by atoms with E-state index in [1.807, 2.05) is 12.1 Å². The van der Waals surface area contributed by atoms with Crippen LogP contribution in [0.5, 0.6) is 5.75 Å². The van der Waals surface area contributed by atoms with Crippen LogP contribution in [0.2, 0.25) is 0 Å². The van der Waals surface area contributed by atoms with E-state index in [1.54, 1.807) is 19.2 Å². The topological polar surface area (TPSA) is 47.3 Å². The molecular formula is C13H19F3N2O. The molecule has 3 N–H and O–H groups in total. The lowest BCUT2D eigenvalue weighted by Gasteiger charge is -2.27. The third-order valence-electron chi connectivity index (χ3n) is 2.96. The molecule has 1 atom stereocenters. The normalized spacial score (nSPS) is 15.1. The van der Waals surface area contributed by atoms with Gasteiger partial charge < -0.3 is 15.8 Å². The predicted octanol–water partition coefficient (Wildman–Crippen LogP) is 2.45. The molecule has 0 aliphatic heterocycles. The fraction of sp³-hybridized carbons (Fsp3) is 0.538. The van der Waals surface area contributed by atoms with Gasteiger partial charge in [0, 0.05) is 6.54 Å². The van der Waals surface area contributed by atoms with E-state index in [1.165, 1.54) is 0 Å². The zero-order valence-corrected chi connectivity index (χ0v) is 11.1. The largest absolute Gasteiger partial charge is 0.497 e. The number of ether oxygens (including phenoxy) is 1. The SMILES string of the molecule is COc1ccc(CNCC[C@@](C)(N)C(F)(F)F)cc1. The molecule has 19 heavy (non-hydrogen) atoms. The first-order chi connectivity index (χ1) is 8.76. The predicted molar refractivity (Wildman–Crippen MR) is 68.0 cm³/mol. The number of nitrogens with two attached hydrogens (primary N) is 1. The Morgan fingerprint density at radius 3 is 2.26 bits per heavy atom. The maximum atomic E-state index is 12.5. The van der Waals surface area contributed by atoms with Gasteiger partial charge >= 0.3 is 6.18 Å². The summed E-state index contributed by atoms with van der Waals surface area (Å²) >= 11 is 0. The fourth-order valence-corrected chi connectivity index (χ4v) is 1.47. The summed E-state index contributed by atoms with van der Waals surface area (Å²) in [5.41, 5.74) is 4.06. The van der Waals surface area contributed by atoms with Gasteiger partial charge in [-0.2, -0.15) is 13.2 Å². The van der Waals surface area contributed by atoms with Gasteiger partial charge in [0.25, 0.3) is 0 Å². The van der Waals surface area contributed by atoms with E-state index in [0.29, 0.717) is 6.54 Å². The van der Waals surface area contributed by atoms with Crippen LogP contribution in [-0.2, 0) is 6.54 Å². The Bertz CT molecular complexity index is 388. The minimum absolute atomic E-state index is 0.160. The lowest BCUT2D eigenvalue weighted by molar-refractivity contribution is -0.182. The molecule has 0 saturated heterocycles. The van der Waals surface area contributed by atoms with Crippen molar-refractivity contribution in [2.45, 2.75) is 31.6 Å². The monoisotopic (exact) mass is 276 g/mol. The molecule has 1 aromatic carbocycles. The van der Waals surface area contributed by atoms with Gasteiger partial charge in [-0.05, 0) is 37.6 Å². The molecule has 3 nitrogen and oxygen atoms in total. The first kappa shape index (κ1) is 15.8. The fourth-order valence-electron chi connectivity index (χ4n) is 1.47. The van der Waals surface area contributed by atoms with Gasteiger partial charge in [0.1, 0.15) is 11.3 Å². The summed E-state index contributed by atoms with van der Waals surface area (Å²) in [5.74, 6) is 0.746. The molecule has 0 heterocycles. The highest BCUT2D eigenvalue weighted by Crippen LogP contribution is 2.30. The number of methoxy groups -OCH3 is 1. The van der Waals surface area contributed by atoms with Crippen LogP contribution in [0.15, 0.2) is 24.3 Å². The highest BCUT2D eigenvalue weighted by atomic mass is 19.4. The molecule has 1 rings (SSSR count). The minimum atomic E-state index is -4.38. The van der Waals surface area contributed by atoms with Crippen molar-refractivity contribution < 1.29 is 17.9 Å². The third-order valence-corrected chi connectivity index (χ3v) is 2.96. The van der Waals surface area contributed by atoms with Gasteiger partial charge in [-0.1, -0.05) is 12.1 Å². The van der Waals surface area contributed by atoms with E-state index >= 15 is 0 Å².